The molecule has 1 atom stereocenters. The van der Waals surface area contributed by atoms with Crippen LogP contribution in [-0.2, 0) is 9.84 Å². The maximum Gasteiger partial charge on any atom is 0.274 e. The van der Waals surface area contributed by atoms with E-state index in [-0.39, 0.29) is 23.5 Å². The molecular weight excluding hydrogens is 302 g/mol. The highest BCUT2D eigenvalue weighted by molar-refractivity contribution is 7.91. The first kappa shape index (κ1) is 14.8. The van der Waals surface area contributed by atoms with Crippen LogP contribution in [0.25, 0.3) is 5.69 Å². The van der Waals surface area contributed by atoms with Crippen molar-refractivity contribution in [3.05, 3.63) is 48.3 Å². The van der Waals surface area contributed by atoms with Crippen LogP contribution in [0.2, 0.25) is 0 Å². The molecule has 1 aromatic carbocycles. The highest BCUT2D eigenvalue weighted by Crippen LogP contribution is 2.18. The molecule has 1 amide bonds. The van der Waals surface area contributed by atoms with Crippen LogP contribution in [0, 0.1) is 0 Å². The predicted octanol–water partition coefficient (Wildman–Crippen LogP) is 1.13. The van der Waals surface area contributed by atoms with Crippen LogP contribution in [0.3, 0.4) is 0 Å². The van der Waals surface area contributed by atoms with E-state index < -0.39 is 9.84 Å². The Morgan fingerprint density at radius 3 is 2.64 bits per heavy atom. The summed E-state index contributed by atoms with van der Waals surface area (Å²) in [5.41, 5.74) is 1.18. The zero-order valence-electron chi connectivity index (χ0n) is 12.2. The van der Waals surface area contributed by atoms with Gasteiger partial charge in [-0.25, -0.2) is 13.1 Å². The fourth-order valence-corrected chi connectivity index (χ4v) is 4.36. The molecule has 0 spiro atoms. The second-order valence-electron chi connectivity index (χ2n) is 5.45. The molecule has 6 nitrogen and oxygen atoms in total. The van der Waals surface area contributed by atoms with Crippen LogP contribution >= 0.6 is 0 Å². The van der Waals surface area contributed by atoms with Crippen molar-refractivity contribution in [3.8, 4) is 5.69 Å². The Kier molecular flexibility index (Phi) is 3.74. The SMILES string of the molecule is CN(C(=O)c1ccn(-c2ccccc2)n1)[C@@H]1CCS(=O)(=O)C1. The quantitative estimate of drug-likeness (QED) is 0.850. The van der Waals surface area contributed by atoms with Crippen molar-refractivity contribution in [3.63, 3.8) is 0 Å². The maximum absolute atomic E-state index is 12.4. The van der Waals surface area contributed by atoms with Gasteiger partial charge in [0.25, 0.3) is 5.91 Å². The first-order chi connectivity index (χ1) is 10.5. The number of nitrogens with zero attached hydrogens (tertiary/aromatic N) is 3. The van der Waals surface area contributed by atoms with Crippen LogP contribution in [0.1, 0.15) is 16.9 Å². The molecule has 7 heteroatoms. The van der Waals surface area contributed by atoms with Gasteiger partial charge in [-0.05, 0) is 24.6 Å². The van der Waals surface area contributed by atoms with E-state index in [9.17, 15) is 13.2 Å². The van der Waals surface area contributed by atoms with Gasteiger partial charge in [0.2, 0.25) is 0 Å². The van der Waals surface area contributed by atoms with Gasteiger partial charge >= 0.3 is 0 Å². The van der Waals surface area contributed by atoms with Gasteiger partial charge in [0.05, 0.1) is 17.2 Å². The van der Waals surface area contributed by atoms with Crippen LogP contribution in [0.15, 0.2) is 42.6 Å². The number of carbonyl (C=O) groups excluding carboxylic acids is 1. The van der Waals surface area contributed by atoms with Gasteiger partial charge in [0.15, 0.2) is 15.5 Å². The number of para-hydroxylation sites is 1. The minimum absolute atomic E-state index is 0.0363. The van der Waals surface area contributed by atoms with Crippen molar-refractivity contribution in [2.24, 2.45) is 0 Å². The Hall–Kier alpha value is -2.15. The molecule has 3 rings (SSSR count). The average Bonchev–Trinajstić information content (AvgIpc) is 3.13. The molecule has 1 saturated heterocycles. The van der Waals surface area contributed by atoms with E-state index in [1.165, 1.54) is 4.90 Å². The number of amides is 1. The zero-order valence-corrected chi connectivity index (χ0v) is 13.0. The molecule has 1 aromatic heterocycles. The van der Waals surface area contributed by atoms with Crippen molar-refractivity contribution in [2.75, 3.05) is 18.6 Å². The number of carbonyl (C=O) groups is 1. The third-order valence-corrected chi connectivity index (χ3v) is 5.66. The van der Waals surface area contributed by atoms with E-state index in [4.69, 9.17) is 0 Å². The summed E-state index contributed by atoms with van der Waals surface area (Å²) < 4.78 is 24.7. The van der Waals surface area contributed by atoms with Crippen molar-refractivity contribution < 1.29 is 13.2 Å². The first-order valence-corrected chi connectivity index (χ1v) is 8.87. The number of hydrogen-bond donors (Lipinski definition) is 0. The fourth-order valence-electron chi connectivity index (χ4n) is 2.59. The summed E-state index contributed by atoms with van der Waals surface area (Å²) in [5.74, 6) is -0.0701. The summed E-state index contributed by atoms with van der Waals surface area (Å²) in [6.07, 6.45) is 2.21. The van der Waals surface area contributed by atoms with Gasteiger partial charge in [-0.1, -0.05) is 18.2 Å². The van der Waals surface area contributed by atoms with Crippen LogP contribution < -0.4 is 0 Å². The van der Waals surface area contributed by atoms with Crippen LogP contribution in [0.5, 0.6) is 0 Å². The summed E-state index contributed by atoms with van der Waals surface area (Å²) in [5, 5.41) is 4.29. The third kappa shape index (κ3) is 2.89. The Bertz CT molecular complexity index is 783. The second kappa shape index (κ2) is 5.57. The molecule has 1 aliphatic heterocycles. The van der Waals surface area contributed by atoms with Crippen molar-refractivity contribution in [2.45, 2.75) is 12.5 Å². The van der Waals surface area contributed by atoms with E-state index in [2.05, 4.69) is 5.10 Å². The number of benzene rings is 1. The van der Waals surface area contributed by atoms with Crippen LogP contribution in [0.4, 0.5) is 0 Å². The Balaban J connectivity index is 1.77. The Morgan fingerprint density at radius 2 is 2.00 bits per heavy atom. The largest absolute Gasteiger partial charge is 0.336 e. The predicted molar refractivity (Wildman–Crippen MR) is 82.7 cm³/mol. The minimum atomic E-state index is -3.01. The van der Waals surface area contributed by atoms with Gasteiger partial charge in [0.1, 0.15) is 0 Å². The van der Waals surface area contributed by atoms with E-state index in [0.29, 0.717) is 12.1 Å². The normalized spacial score (nSPS) is 20.0. The monoisotopic (exact) mass is 319 g/mol. The third-order valence-electron chi connectivity index (χ3n) is 3.91. The summed E-state index contributed by atoms with van der Waals surface area (Å²) in [6.45, 7) is 0. The maximum atomic E-state index is 12.4. The molecule has 1 aliphatic rings. The first-order valence-electron chi connectivity index (χ1n) is 7.05. The molecule has 0 radical (unpaired) electrons. The molecule has 0 unspecified atom stereocenters. The number of sulfone groups is 1. The van der Waals surface area contributed by atoms with Crippen LogP contribution in [-0.4, -0.2) is 53.6 Å². The van der Waals surface area contributed by atoms with Gasteiger partial charge in [-0.2, -0.15) is 5.10 Å². The topological polar surface area (TPSA) is 72.3 Å². The molecule has 22 heavy (non-hydrogen) atoms. The number of aromatic nitrogens is 2. The molecule has 2 aromatic rings. The standard InChI is InChI=1S/C15H17N3O3S/c1-17(13-8-10-22(20,21)11-13)15(19)14-7-9-18(16-14)12-5-3-2-4-6-12/h2-7,9,13H,8,10-11H2,1H3/t13-/m1/s1. The Morgan fingerprint density at radius 1 is 1.27 bits per heavy atom. The van der Waals surface area contributed by atoms with Gasteiger partial charge < -0.3 is 4.90 Å². The van der Waals surface area contributed by atoms with Gasteiger partial charge in [-0.3, -0.25) is 4.79 Å². The second-order valence-corrected chi connectivity index (χ2v) is 7.68. The number of hydrogen-bond acceptors (Lipinski definition) is 4. The Labute approximate surface area is 129 Å². The van der Waals surface area contributed by atoms with E-state index >= 15 is 0 Å². The smallest absolute Gasteiger partial charge is 0.274 e. The lowest BCUT2D eigenvalue weighted by atomic mass is 10.2. The lowest BCUT2D eigenvalue weighted by Crippen LogP contribution is -2.38. The number of rotatable bonds is 3. The molecule has 0 bridgehead atoms. The van der Waals surface area contributed by atoms with Crippen molar-refractivity contribution >= 4 is 15.7 Å². The highest BCUT2D eigenvalue weighted by Gasteiger charge is 2.33. The molecule has 0 saturated carbocycles. The molecule has 1 fully saturated rings. The van der Waals surface area contributed by atoms with Gasteiger partial charge in [0, 0.05) is 19.3 Å². The summed E-state index contributed by atoms with van der Waals surface area (Å²) in [4.78, 5) is 13.9. The summed E-state index contributed by atoms with van der Waals surface area (Å²) in [7, 11) is -1.38. The highest BCUT2D eigenvalue weighted by atomic mass is 32.2. The minimum Gasteiger partial charge on any atom is -0.336 e. The molecule has 0 aliphatic carbocycles. The van der Waals surface area contributed by atoms with Crippen molar-refractivity contribution in [1.82, 2.24) is 14.7 Å². The zero-order chi connectivity index (χ0) is 15.7. The lowest BCUT2D eigenvalue weighted by molar-refractivity contribution is 0.0741. The summed E-state index contributed by atoms with van der Waals surface area (Å²) >= 11 is 0. The van der Waals surface area contributed by atoms with E-state index in [1.54, 1.807) is 24.0 Å². The molecule has 116 valence electrons. The van der Waals surface area contributed by atoms with Crippen molar-refractivity contribution in [1.29, 1.82) is 0 Å². The fraction of sp³-hybridized carbons (Fsp3) is 0.333. The van der Waals surface area contributed by atoms with Gasteiger partial charge in [-0.15, -0.1) is 0 Å². The summed E-state index contributed by atoms with van der Waals surface area (Å²) in [6, 6.07) is 10.9. The van der Waals surface area contributed by atoms with E-state index in [0.717, 1.165) is 5.69 Å². The molecule has 0 N–H and O–H groups in total. The average molecular weight is 319 g/mol. The lowest BCUT2D eigenvalue weighted by Gasteiger charge is -2.22. The molecule has 2 heterocycles. The molecular formula is C15H17N3O3S. The van der Waals surface area contributed by atoms with E-state index in [1.807, 2.05) is 30.3 Å².